The molecule has 0 unspecified atom stereocenters. The summed E-state index contributed by atoms with van der Waals surface area (Å²) in [6, 6.07) is 10.9. The van der Waals surface area contributed by atoms with Crippen molar-refractivity contribution in [1.29, 1.82) is 0 Å². The Bertz CT molecular complexity index is 998. The first kappa shape index (κ1) is 19.2. The lowest BCUT2D eigenvalue weighted by Gasteiger charge is -2.07. The van der Waals surface area contributed by atoms with E-state index in [1.165, 1.54) is 48.5 Å². The SMILES string of the molecule is O=C(Cn1nc(-c2ccc(F)cc2)oc1=O)NCc1ccc(OC(F)F)cc1. The van der Waals surface area contributed by atoms with Gasteiger partial charge in [0.25, 0.3) is 0 Å². The lowest BCUT2D eigenvalue weighted by atomic mass is 10.2. The van der Waals surface area contributed by atoms with Gasteiger partial charge >= 0.3 is 12.4 Å². The molecule has 1 aromatic heterocycles. The van der Waals surface area contributed by atoms with Gasteiger partial charge in [-0.3, -0.25) is 4.79 Å². The Labute approximate surface area is 156 Å². The van der Waals surface area contributed by atoms with Crippen LogP contribution in [0.4, 0.5) is 13.2 Å². The molecule has 0 spiro atoms. The van der Waals surface area contributed by atoms with E-state index in [9.17, 15) is 22.8 Å². The summed E-state index contributed by atoms with van der Waals surface area (Å²) in [5, 5.41) is 6.48. The Morgan fingerprint density at radius 3 is 2.46 bits per heavy atom. The molecule has 1 N–H and O–H groups in total. The standard InChI is InChI=1S/C18H14F3N3O4/c19-13-5-3-12(4-6-13)16-23-24(18(26)28-16)10-15(25)22-9-11-1-7-14(8-2-11)27-17(20)21/h1-8,17H,9-10H2,(H,22,25). The van der Waals surface area contributed by atoms with Gasteiger partial charge in [-0.2, -0.15) is 13.5 Å². The minimum Gasteiger partial charge on any atom is -0.435 e. The first-order chi connectivity index (χ1) is 13.4. The number of benzene rings is 2. The molecule has 0 saturated carbocycles. The topological polar surface area (TPSA) is 86.4 Å². The number of aromatic nitrogens is 2. The summed E-state index contributed by atoms with van der Waals surface area (Å²) < 4.78 is 47.2. The van der Waals surface area contributed by atoms with Crippen molar-refractivity contribution in [2.75, 3.05) is 0 Å². The van der Waals surface area contributed by atoms with Crippen molar-refractivity contribution in [3.63, 3.8) is 0 Å². The summed E-state index contributed by atoms with van der Waals surface area (Å²) in [6.07, 6.45) is 0. The molecule has 3 rings (SSSR count). The van der Waals surface area contributed by atoms with E-state index in [0.717, 1.165) is 4.68 Å². The van der Waals surface area contributed by atoms with E-state index in [1.54, 1.807) is 0 Å². The summed E-state index contributed by atoms with van der Waals surface area (Å²) in [4.78, 5) is 23.8. The number of nitrogens with zero attached hydrogens (tertiary/aromatic N) is 2. The number of amides is 1. The summed E-state index contributed by atoms with van der Waals surface area (Å²) in [5.41, 5.74) is 1.04. The van der Waals surface area contributed by atoms with Gasteiger partial charge in [0.2, 0.25) is 11.8 Å². The first-order valence-corrected chi connectivity index (χ1v) is 8.05. The molecule has 28 heavy (non-hydrogen) atoms. The van der Waals surface area contributed by atoms with Gasteiger partial charge in [-0.1, -0.05) is 12.1 Å². The molecule has 0 radical (unpaired) electrons. The van der Waals surface area contributed by atoms with Crippen molar-refractivity contribution < 1.29 is 27.1 Å². The number of alkyl halides is 2. The normalized spacial score (nSPS) is 10.9. The second-order valence-electron chi connectivity index (χ2n) is 5.64. The number of nitrogens with one attached hydrogen (secondary N) is 1. The number of carbonyl (C=O) groups is 1. The fraction of sp³-hybridized carbons (Fsp3) is 0.167. The highest BCUT2D eigenvalue weighted by molar-refractivity contribution is 5.75. The fourth-order valence-electron chi connectivity index (χ4n) is 2.30. The molecular weight excluding hydrogens is 379 g/mol. The predicted octanol–water partition coefficient (Wildman–Crippen LogP) is 2.56. The van der Waals surface area contributed by atoms with Gasteiger partial charge in [0, 0.05) is 12.1 Å². The van der Waals surface area contributed by atoms with Gasteiger partial charge in [-0.25, -0.2) is 9.18 Å². The molecule has 3 aromatic rings. The third kappa shape index (κ3) is 5.00. The van der Waals surface area contributed by atoms with E-state index < -0.39 is 24.1 Å². The molecule has 0 aliphatic carbocycles. The van der Waals surface area contributed by atoms with Gasteiger partial charge in [0.15, 0.2) is 0 Å². The van der Waals surface area contributed by atoms with E-state index in [4.69, 9.17) is 4.42 Å². The highest BCUT2D eigenvalue weighted by Gasteiger charge is 2.13. The van der Waals surface area contributed by atoms with Crippen LogP contribution in [0.3, 0.4) is 0 Å². The number of ether oxygens (including phenoxy) is 1. The van der Waals surface area contributed by atoms with Crippen LogP contribution in [0, 0.1) is 5.82 Å². The third-order valence-corrected chi connectivity index (χ3v) is 3.63. The van der Waals surface area contributed by atoms with Crippen molar-refractivity contribution in [2.45, 2.75) is 19.7 Å². The fourth-order valence-corrected chi connectivity index (χ4v) is 2.30. The van der Waals surface area contributed by atoms with Crippen LogP contribution in [0.2, 0.25) is 0 Å². The molecular formula is C18H14F3N3O4. The molecule has 7 nitrogen and oxygen atoms in total. The van der Waals surface area contributed by atoms with Gasteiger partial charge in [0.05, 0.1) is 0 Å². The van der Waals surface area contributed by atoms with Crippen LogP contribution >= 0.6 is 0 Å². The highest BCUT2D eigenvalue weighted by atomic mass is 19.3. The van der Waals surface area contributed by atoms with Gasteiger partial charge in [-0.15, -0.1) is 5.10 Å². The van der Waals surface area contributed by atoms with Gasteiger partial charge < -0.3 is 14.5 Å². The van der Waals surface area contributed by atoms with Crippen molar-refractivity contribution in [2.24, 2.45) is 0 Å². The van der Waals surface area contributed by atoms with Crippen molar-refractivity contribution in [3.05, 3.63) is 70.5 Å². The Morgan fingerprint density at radius 1 is 1.14 bits per heavy atom. The highest BCUT2D eigenvalue weighted by Crippen LogP contribution is 2.16. The molecule has 0 saturated heterocycles. The van der Waals surface area contributed by atoms with E-state index in [1.807, 2.05) is 0 Å². The van der Waals surface area contributed by atoms with Crippen molar-refractivity contribution >= 4 is 5.91 Å². The van der Waals surface area contributed by atoms with Gasteiger partial charge in [0.1, 0.15) is 18.1 Å². The number of halogens is 3. The maximum atomic E-state index is 13.0. The van der Waals surface area contributed by atoms with Gasteiger partial charge in [-0.05, 0) is 42.0 Å². The Hall–Kier alpha value is -3.56. The monoisotopic (exact) mass is 393 g/mol. The van der Waals surface area contributed by atoms with E-state index >= 15 is 0 Å². The van der Waals surface area contributed by atoms with Crippen LogP contribution < -0.4 is 15.8 Å². The summed E-state index contributed by atoms with van der Waals surface area (Å²) in [7, 11) is 0. The number of rotatable bonds is 7. The van der Waals surface area contributed by atoms with E-state index in [0.29, 0.717) is 11.1 Å². The number of hydrogen-bond donors (Lipinski definition) is 1. The minimum atomic E-state index is -2.91. The maximum Gasteiger partial charge on any atom is 0.437 e. The summed E-state index contributed by atoms with van der Waals surface area (Å²) in [5.74, 6) is -1.81. The van der Waals surface area contributed by atoms with E-state index in [-0.39, 0.29) is 24.7 Å². The zero-order valence-electron chi connectivity index (χ0n) is 14.3. The smallest absolute Gasteiger partial charge is 0.435 e. The molecule has 2 aromatic carbocycles. The van der Waals surface area contributed by atoms with Crippen LogP contribution in [0.25, 0.3) is 11.5 Å². The molecule has 0 atom stereocenters. The molecule has 0 bridgehead atoms. The first-order valence-electron chi connectivity index (χ1n) is 8.05. The van der Waals surface area contributed by atoms with Crippen molar-refractivity contribution in [1.82, 2.24) is 15.1 Å². The average Bonchev–Trinajstić information content (AvgIpc) is 3.02. The summed E-state index contributed by atoms with van der Waals surface area (Å²) >= 11 is 0. The zero-order valence-corrected chi connectivity index (χ0v) is 14.3. The number of carbonyl (C=O) groups excluding carboxylic acids is 1. The molecule has 146 valence electrons. The third-order valence-electron chi connectivity index (χ3n) is 3.63. The van der Waals surface area contributed by atoms with Crippen LogP contribution in [-0.4, -0.2) is 22.3 Å². The number of hydrogen-bond acceptors (Lipinski definition) is 5. The largest absolute Gasteiger partial charge is 0.437 e. The zero-order chi connectivity index (χ0) is 20.1. The van der Waals surface area contributed by atoms with Crippen LogP contribution in [0.5, 0.6) is 5.75 Å². The molecule has 10 heteroatoms. The lowest BCUT2D eigenvalue weighted by molar-refractivity contribution is -0.122. The lowest BCUT2D eigenvalue weighted by Crippen LogP contribution is -2.31. The van der Waals surface area contributed by atoms with Crippen molar-refractivity contribution in [3.8, 4) is 17.2 Å². The second kappa shape index (κ2) is 8.42. The van der Waals surface area contributed by atoms with E-state index in [2.05, 4.69) is 15.2 Å². The maximum absolute atomic E-state index is 13.0. The van der Waals surface area contributed by atoms with Crippen LogP contribution in [0.15, 0.2) is 57.7 Å². The average molecular weight is 393 g/mol. The van der Waals surface area contributed by atoms with Crippen LogP contribution in [-0.2, 0) is 17.9 Å². The second-order valence-corrected chi connectivity index (χ2v) is 5.64. The Kier molecular flexibility index (Phi) is 5.78. The predicted molar refractivity (Wildman–Crippen MR) is 91.1 cm³/mol. The molecule has 0 aliphatic rings. The minimum absolute atomic E-state index is 0.00699. The van der Waals surface area contributed by atoms with Crippen LogP contribution in [0.1, 0.15) is 5.56 Å². The molecule has 0 aliphatic heterocycles. The quantitative estimate of drug-likeness (QED) is 0.667. The Balaban J connectivity index is 1.58. The molecule has 1 amide bonds. The molecule has 0 fully saturated rings. The Morgan fingerprint density at radius 2 is 1.82 bits per heavy atom. The summed E-state index contributed by atoms with van der Waals surface area (Å²) in [6.45, 7) is -3.17. The molecule has 1 heterocycles.